The highest BCUT2D eigenvalue weighted by Gasteiger charge is 2.36. The third-order valence-corrected chi connectivity index (χ3v) is 6.58. The van der Waals surface area contributed by atoms with Crippen molar-refractivity contribution in [1.29, 1.82) is 0 Å². The van der Waals surface area contributed by atoms with E-state index in [2.05, 4.69) is 4.99 Å². The van der Waals surface area contributed by atoms with Crippen LogP contribution in [-0.4, -0.2) is 42.8 Å². The normalized spacial score (nSPS) is 11.4. The average molecular weight is 318 g/mol. The lowest BCUT2D eigenvalue weighted by atomic mass is 10.1. The molecular formula is C15H31NO4Si. The summed E-state index contributed by atoms with van der Waals surface area (Å²) in [7, 11) is 2.65. The zero-order valence-electron chi connectivity index (χ0n) is 13.9. The Morgan fingerprint density at radius 2 is 1.19 bits per heavy atom. The number of hydrogen-bond acceptors (Lipinski definition) is 5. The van der Waals surface area contributed by atoms with Gasteiger partial charge in [0.1, 0.15) is 0 Å². The highest BCUT2D eigenvalue weighted by Crippen LogP contribution is 2.18. The summed E-state index contributed by atoms with van der Waals surface area (Å²) in [5, 5.41) is 0. The molecule has 0 rings (SSSR count). The van der Waals surface area contributed by atoms with Crippen LogP contribution in [0.1, 0.15) is 57.8 Å². The molecule has 0 aromatic heterocycles. The summed E-state index contributed by atoms with van der Waals surface area (Å²) in [6.45, 7) is 0.633. The minimum Gasteiger partial charge on any atom is -0.377 e. The molecule has 0 aromatic rings. The van der Waals surface area contributed by atoms with E-state index in [1.807, 2.05) is 0 Å². The zero-order valence-corrected chi connectivity index (χ0v) is 14.9. The van der Waals surface area contributed by atoms with Crippen molar-refractivity contribution in [2.24, 2.45) is 4.99 Å². The minimum atomic E-state index is -2.35. The van der Waals surface area contributed by atoms with E-state index < -0.39 is 8.80 Å². The first-order chi connectivity index (χ1) is 10.2. The molecule has 5 nitrogen and oxygen atoms in total. The quantitative estimate of drug-likeness (QED) is 0.200. The van der Waals surface area contributed by atoms with Gasteiger partial charge in [-0.1, -0.05) is 44.9 Å². The van der Waals surface area contributed by atoms with Gasteiger partial charge >= 0.3 is 8.80 Å². The maximum Gasteiger partial charge on any atom is 0.500 e. The summed E-state index contributed by atoms with van der Waals surface area (Å²) < 4.78 is 16.2. The SMILES string of the molecule is CO[Si](CCCCCCCCCCCN=C=O)(OC)OC. The molecule has 0 radical (unpaired) electrons. The van der Waals surface area contributed by atoms with E-state index in [0.717, 1.165) is 25.3 Å². The fraction of sp³-hybridized carbons (Fsp3) is 0.933. The standard InChI is InChI=1S/C15H31NO4Si/c1-18-21(19-2,20-3)14-12-10-8-6-4-5-7-9-11-13-16-15-17/h4-14H2,1-3H3. The number of isocyanates is 1. The van der Waals surface area contributed by atoms with E-state index in [4.69, 9.17) is 13.3 Å². The number of hydrogen-bond donors (Lipinski definition) is 0. The predicted molar refractivity (Wildman–Crippen MR) is 86.1 cm³/mol. The van der Waals surface area contributed by atoms with Gasteiger partial charge in [-0.05, 0) is 12.8 Å². The molecule has 0 aromatic carbocycles. The Bertz CT molecular complexity index is 271. The van der Waals surface area contributed by atoms with Crippen molar-refractivity contribution >= 4 is 14.9 Å². The van der Waals surface area contributed by atoms with E-state index in [9.17, 15) is 4.79 Å². The van der Waals surface area contributed by atoms with Crippen molar-refractivity contribution in [2.45, 2.75) is 63.8 Å². The van der Waals surface area contributed by atoms with Crippen molar-refractivity contribution in [1.82, 2.24) is 0 Å². The Morgan fingerprint density at radius 1 is 0.762 bits per heavy atom. The third-order valence-electron chi connectivity index (χ3n) is 3.75. The highest BCUT2D eigenvalue weighted by molar-refractivity contribution is 6.60. The Hall–Kier alpha value is -0.523. The summed E-state index contributed by atoms with van der Waals surface area (Å²) in [5.74, 6) is 0. The molecule has 0 unspecified atom stereocenters. The van der Waals surface area contributed by atoms with Gasteiger partial charge in [-0.3, -0.25) is 0 Å². The van der Waals surface area contributed by atoms with Crippen molar-refractivity contribution in [3.05, 3.63) is 0 Å². The summed E-state index contributed by atoms with van der Waals surface area (Å²) in [6, 6.07) is 0.897. The van der Waals surface area contributed by atoms with Gasteiger partial charge in [0.15, 0.2) is 0 Å². The van der Waals surface area contributed by atoms with Crippen LogP contribution in [0.25, 0.3) is 0 Å². The molecule has 0 saturated heterocycles. The zero-order chi connectivity index (χ0) is 15.8. The largest absolute Gasteiger partial charge is 0.500 e. The molecule has 0 amide bonds. The molecule has 0 aliphatic rings. The molecule has 0 fully saturated rings. The number of unbranched alkanes of at least 4 members (excludes halogenated alkanes) is 8. The molecule has 0 bridgehead atoms. The van der Waals surface area contributed by atoms with Gasteiger partial charge < -0.3 is 13.3 Å². The molecule has 6 heteroatoms. The summed E-state index contributed by atoms with van der Waals surface area (Å²) in [4.78, 5) is 13.4. The maximum absolute atomic E-state index is 9.87. The van der Waals surface area contributed by atoms with Crippen LogP contribution in [-0.2, 0) is 18.1 Å². The van der Waals surface area contributed by atoms with Crippen molar-refractivity contribution in [2.75, 3.05) is 27.9 Å². The van der Waals surface area contributed by atoms with Crippen molar-refractivity contribution < 1.29 is 18.1 Å². The van der Waals surface area contributed by atoms with Crippen LogP contribution in [0.3, 0.4) is 0 Å². The van der Waals surface area contributed by atoms with Gasteiger partial charge in [0.2, 0.25) is 6.08 Å². The van der Waals surface area contributed by atoms with Gasteiger partial charge in [-0.25, -0.2) is 9.79 Å². The van der Waals surface area contributed by atoms with Gasteiger partial charge in [0.25, 0.3) is 0 Å². The molecule has 0 atom stereocenters. The van der Waals surface area contributed by atoms with Crippen LogP contribution in [0, 0.1) is 0 Å². The number of nitrogens with zero attached hydrogens (tertiary/aromatic N) is 1. The second kappa shape index (κ2) is 14.4. The Kier molecular flexibility index (Phi) is 14.1. The van der Waals surface area contributed by atoms with Crippen molar-refractivity contribution in [3.8, 4) is 0 Å². The fourth-order valence-corrected chi connectivity index (χ4v) is 4.17. The van der Waals surface area contributed by atoms with Crippen LogP contribution in [0.15, 0.2) is 4.99 Å². The fourth-order valence-electron chi connectivity index (χ4n) is 2.37. The predicted octanol–water partition coefficient (Wildman–Crippen LogP) is 3.71. The van der Waals surface area contributed by atoms with E-state index in [0.29, 0.717) is 6.54 Å². The summed E-state index contributed by atoms with van der Waals surface area (Å²) in [5.41, 5.74) is 0. The monoisotopic (exact) mass is 317 g/mol. The molecule has 0 aliphatic carbocycles. The molecule has 0 N–H and O–H groups in total. The Labute approximate surface area is 130 Å². The van der Waals surface area contributed by atoms with E-state index >= 15 is 0 Å². The van der Waals surface area contributed by atoms with Crippen LogP contribution in [0.2, 0.25) is 6.04 Å². The van der Waals surface area contributed by atoms with Crippen LogP contribution < -0.4 is 0 Å². The molecular weight excluding hydrogens is 286 g/mol. The first kappa shape index (κ1) is 20.5. The summed E-state index contributed by atoms with van der Waals surface area (Å²) in [6.07, 6.45) is 12.4. The molecule has 0 saturated carbocycles. The highest BCUT2D eigenvalue weighted by atomic mass is 28.4. The van der Waals surface area contributed by atoms with Crippen molar-refractivity contribution in [3.63, 3.8) is 0 Å². The van der Waals surface area contributed by atoms with Crippen LogP contribution >= 0.6 is 0 Å². The Morgan fingerprint density at radius 3 is 1.62 bits per heavy atom. The molecule has 21 heavy (non-hydrogen) atoms. The topological polar surface area (TPSA) is 57.1 Å². The van der Waals surface area contributed by atoms with E-state index in [1.54, 1.807) is 27.4 Å². The van der Waals surface area contributed by atoms with Crippen LogP contribution in [0.4, 0.5) is 0 Å². The van der Waals surface area contributed by atoms with Gasteiger partial charge in [-0.2, -0.15) is 0 Å². The summed E-state index contributed by atoms with van der Waals surface area (Å²) >= 11 is 0. The first-order valence-electron chi connectivity index (χ1n) is 7.93. The van der Waals surface area contributed by atoms with Gasteiger partial charge in [0.05, 0.1) is 6.54 Å². The smallest absolute Gasteiger partial charge is 0.377 e. The lowest BCUT2D eigenvalue weighted by Gasteiger charge is -2.24. The Balaban J connectivity index is 3.34. The lowest BCUT2D eigenvalue weighted by Crippen LogP contribution is -2.42. The minimum absolute atomic E-state index is 0.633. The van der Waals surface area contributed by atoms with Gasteiger partial charge in [0, 0.05) is 27.4 Å². The van der Waals surface area contributed by atoms with E-state index in [-0.39, 0.29) is 0 Å². The van der Waals surface area contributed by atoms with Crippen LogP contribution in [0.5, 0.6) is 0 Å². The molecule has 124 valence electrons. The molecule has 0 aliphatic heterocycles. The van der Waals surface area contributed by atoms with E-state index in [1.165, 1.54) is 38.5 Å². The first-order valence-corrected chi connectivity index (χ1v) is 9.87. The lowest BCUT2D eigenvalue weighted by molar-refractivity contribution is 0.122. The van der Waals surface area contributed by atoms with Gasteiger partial charge in [-0.15, -0.1) is 0 Å². The second-order valence-electron chi connectivity index (χ2n) is 5.20. The number of carbonyl (C=O) groups excluding carboxylic acids is 1. The maximum atomic E-state index is 9.87. The molecule has 0 heterocycles. The average Bonchev–Trinajstić information content (AvgIpc) is 2.53. The third kappa shape index (κ3) is 10.8. The number of rotatable bonds is 15. The second-order valence-corrected chi connectivity index (χ2v) is 8.29. The number of aliphatic imine (C=N–C) groups is 1. The molecule has 0 spiro atoms.